The molecule has 0 radical (unpaired) electrons. The summed E-state index contributed by atoms with van der Waals surface area (Å²) in [6.07, 6.45) is 7.30. The molecule has 0 aromatic rings. The molecule has 0 saturated carbocycles. The maximum Gasteiger partial charge on any atom is 0.228 e. The Morgan fingerprint density at radius 2 is 0.649 bits per heavy atom. The van der Waals surface area contributed by atoms with Crippen molar-refractivity contribution < 1.29 is 14.4 Å². The number of nitrogens with zero attached hydrogens (tertiary/aromatic N) is 4. The second-order valence-electron chi connectivity index (χ2n) is 14.1. The lowest BCUT2D eigenvalue weighted by atomic mass is 9.93. The standard InChI is InChI=1S/C10H20N2O.2C10H19NO/c1-10(2,3)9(13)12-7-5-11(4)6-8-12;2*1-10(2,3)9(12)11-7-5-4-6-8-11/h5-8H2,1-4H3;2*4-8H2,1-3H3. The predicted octanol–water partition coefficient (Wildman–Crippen LogP) is 4.90. The number of hydrogen-bond acceptors (Lipinski definition) is 4. The van der Waals surface area contributed by atoms with E-state index in [0.29, 0.717) is 11.8 Å². The van der Waals surface area contributed by atoms with Crippen molar-refractivity contribution in [3.8, 4) is 0 Å². The molecule has 7 nitrogen and oxygen atoms in total. The van der Waals surface area contributed by atoms with E-state index in [-0.39, 0.29) is 22.2 Å². The van der Waals surface area contributed by atoms with Crippen molar-refractivity contribution in [2.75, 3.05) is 59.4 Å². The Balaban J connectivity index is 0.000000278. The molecule has 3 heterocycles. The Morgan fingerprint density at radius 1 is 0.405 bits per heavy atom. The predicted molar refractivity (Wildman–Crippen MR) is 153 cm³/mol. The Labute approximate surface area is 228 Å². The quantitative estimate of drug-likeness (QED) is 0.454. The van der Waals surface area contributed by atoms with Crippen LogP contribution in [0, 0.1) is 16.2 Å². The number of piperazine rings is 1. The Bertz CT molecular complexity index is 671. The highest BCUT2D eigenvalue weighted by Crippen LogP contribution is 2.21. The molecule has 0 spiro atoms. The van der Waals surface area contributed by atoms with Crippen LogP contribution in [0.25, 0.3) is 0 Å². The van der Waals surface area contributed by atoms with Crippen LogP contribution in [0.15, 0.2) is 0 Å². The Hall–Kier alpha value is -1.63. The lowest BCUT2D eigenvalue weighted by Crippen LogP contribution is -2.50. The smallest absolute Gasteiger partial charge is 0.228 e. The van der Waals surface area contributed by atoms with Gasteiger partial charge in [0, 0.05) is 68.6 Å². The number of rotatable bonds is 0. The monoisotopic (exact) mass is 522 g/mol. The lowest BCUT2D eigenvalue weighted by Gasteiger charge is -2.36. The number of carbonyl (C=O) groups excluding carboxylic acids is 3. The second kappa shape index (κ2) is 14.5. The van der Waals surface area contributed by atoms with E-state index < -0.39 is 0 Å². The highest BCUT2D eigenvalue weighted by molar-refractivity contribution is 5.82. The Kier molecular flexibility index (Phi) is 13.1. The number of carbonyl (C=O) groups is 3. The molecule has 0 aliphatic carbocycles. The van der Waals surface area contributed by atoms with Crippen LogP contribution in [0.1, 0.15) is 101 Å². The maximum absolute atomic E-state index is 11.8. The van der Waals surface area contributed by atoms with Gasteiger partial charge in [-0.3, -0.25) is 14.4 Å². The van der Waals surface area contributed by atoms with Gasteiger partial charge in [-0.1, -0.05) is 62.3 Å². The van der Waals surface area contributed by atoms with E-state index in [1.165, 1.54) is 38.5 Å². The summed E-state index contributed by atoms with van der Waals surface area (Å²) in [5.41, 5.74) is -0.620. The summed E-state index contributed by atoms with van der Waals surface area (Å²) in [5.74, 6) is 0.894. The van der Waals surface area contributed by atoms with Crippen LogP contribution in [0.2, 0.25) is 0 Å². The summed E-state index contributed by atoms with van der Waals surface area (Å²) >= 11 is 0. The maximum atomic E-state index is 11.8. The number of amides is 3. The van der Waals surface area contributed by atoms with Crippen molar-refractivity contribution in [1.82, 2.24) is 19.6 Å². The number of hydrogen-bond donors (Lipinski definition) is 0. The summed E-state index contributed by atoms with van der Waals surface area (Å²) < 4.78 is 0. The van der Waals surface area contributed by atoms with Crippen molar-refractivity contribution in [3.05, 3.63) is 0 Å². The van der Waals surface area contributed by atoms with E-state index in [1.807, 2.05) is 77.0 Å². The van der Waals surface area contributed by atoms with Crippen molar-refractivity contribution >= 4 is 17.7 Å². The summed E-state index contributed by atoms with van der Waals surface area (Å²) in [4.78, 5) is 43.6. The largest absolute Gasteiger partial charge is 0.342 e. The molecule has 3 aliphatic heterocycles. The van der Waals surface area contributed by atoms with Gasteiger partial charge >= 0.3 is 0 Å². The normalized spacial score (nSPS) is 19.8. The second-order valence-corrected chi connectivity index (χ2v) is 14.1. The van der Waals surface area contributed by atoms with E-state index in [2.05, 4.69) is 11.9 Å². The summed E-state index contributed by atoms with van der Waals surface area (Å²) in [7, 11) is 2.10. The topological polar surface area (TPSA) is 64.2 Å². The fraction of sp³-hybridized carbons (Fsp3) is 0.900. The van der Waals surface area contributed by atoms with Crippen LogP contribution in [-0.2, 0) is 14.4 Å². The van der Waals surface area contributed by atoms with Crippen LogP contribution in [0.4, 0.5) is 0 Å². The zero-order valence-corrected chi connectivity index (χ0v) is 25.9. The average Bonchev–Trinajstić information content (AvgIpc) is 2.83. The minimum atomic E-state index is -0.226. The molecule has 3 fully saturated rings. The lowest BCUT2D eigenvalue weighted by molar-refractivity contribution is -0.141. The third-order valence-electron chi connectivity index (χ3n) is 7.00. The molecular weight excluding hydrogens is 464 g/mol. The molecule has 0 bridgehead atoms. The molecule has 37 heavy (non-hydrogen) atoms. The number of piperidine rings is 2. The first-order valence-electron chi connectivity index (χ1n) is 14.5. The van der Waals surface area contributed by atoms with Gasteiger partial charge in [-0.05, 0) is 45.6 Å². The van der Waals surface area contributed by atoms with E-state index in [4.69, 9.17) is 0 Å². The van der Waals surface area contributed by atoms with Crippen molar-refractivity contribution in [2.45, 2.75) is 101 Å². The first-order valence-corrected chi connectivity index (χ1v) is 14.5. The molecule has 3 rings (SSSR count). The summed E-state index contributed by atoms with van der Waals surface area (Å²) in [5, 5.41) is 0. The molecule has 3 amide bonds. The zero-order chi connectivity index (χ0) is 28.4. The van der Waals surface area contributed by atoms with E-state index in [0.717, 1.165) is 52.4 Å². The van der Waals surface area contributed by atoms with Gasteiger partial charge in [-0.25, -0.2) is 0 Å². The van der Waals surface area contributed by atoms with Crippen molar-refractivity contribution in [1.29, 1.82) is 0 Å². The molecular formula is C30H58N4O3. The van der Waals surface area contributed by atoms with E-state index >= 15 is 0 Å². The first-order chi connectivity index (χ1) is 16.9. The molecule has 0 aromatic heterocycles. The first kappa shape index (κ1) is 33.4. The third kappa shape index (κ3) is 12.2. The fourth-order valence-corrected chi connectivity index (χ4v) is 4.63. The van der Waals surface area contributed by atoms with Gasteiger partial charge in [0.15, 0.2) is 0 Å². The van der Waals surface area contributed by atoms with Crippen molar-refractivity contribution in [2.24, 2.45) is 16.2 Å². The number of likely N-dealkylation sites (N-methyl/N-ethyl adjacent to an activating group) is 1. The van der Waals surface area contributed by atoms with Crippen LogP contribution in [-0.4, -0.2) is 96.7 Å². The van der Waals surface area contributed by atoms with Gasteiger partial charge in [0.25, 0.3) is 0 Å². The third-order valence-corrected chi connectivity index (χ3v) is 7.00. The van der Waals surface area contributed by atoms with Gasteiger partial charge < -0.3 is 19.6 Å². The van der Waals surface area contributed by atoms with Crippen LogP contribution < -0.4 is 0 Å². The van der Waals surface area contributed by atoms with Gasteiger partial charge in [0.05, 0.1) is 0 Å². The van der Waals surface area contributed by atoms with E-state index in [9.17, 15) is 14.4 Å². The summed E-state index contributed by atoms with van der Waals surface area (Å²) in [6.45, 7) is 25.5. The van der Waals surface area contributed by atoms with Crippen LogP contribution >= 0.6 is 0 Å². The fourth-order valence-electron chi connectivity index (χ4n) is 4.63. The summed E-state index contributed by atoms with van der Waals surface area (Å²) in [6, 6.07) is 0. The highest BCUT2D eigenvalue weighted by Gasteiger charge is 2.30. The molecule has 0 unspecified atom stereocenters. The number of likely N-dealkylation sites (tertiary alicyclic amines) is 2. The molecule has 3 aliphatic rings. The zero-order valence-electron chi connectivity index (χ0n) is 25.9. The van der Waals surface area contributed by atoms with Gasteiger partial charge in [-0.15, -0.1) is 0 Å². The minimum absolute atomic E-state index is 0.197. The van der Waals surface area contributed by atoms with Gasteiger partial charge in [0.1, 0.15) is 0 Å². The highest BCUT2D eigenvalue weighted by atomic mass is 16.2. The Morgan fingerprint density at radius 3 is 0.892 bits per heavy atom. The SMILES string of the molecule is CC(C)(C)C(=O)N1CCCCC1.CC(C)(C)C(=O)N1CCCCC1.CN1CCN(C(=O)C(C)(C)C)CC1. The molecule has 0 N–H and O–H groups in total. The van der Waals surface area contributed by atoms with Gasteiger partial charge in [-0.2, -0.15) is 0 Å². The minimum Gasteiger partial charge on any atom is -0.342 e. The molecule has 0 aromatic carbocycles. The molecule has 3 saturated heterocycles. The van der Waals surface area contributed by atoms with E-state index in [1.54, 1.807) is 0 Å². The van der Waals surface area contributed by atoms with Crippen LogP contribution in [0.5, 0.6) is 0 Å². The molecule has 216 valence electrons. The average molecular weight is 523 g/mol. The molecule has 0 atom stereocenters. The van der Waals surface area contributed by atoms with Gasteiger partial charge in [0.2, 0.25) is 17.7 Å². The van der Waals surface area contributed by atoms with Crippen molar-refractivity contribution in [3.63, 3.8) is 0 Å². The molecule has 7 heteroatoms. The van der Waals surface area contributed by atoms with Crippen LogP contribution in [0.3, 0.4) is 0 Å².